The van der Waals surface area contributed by atoms with E-state index in [9.17, 15) is 5.26 Å². The van der Waals surface area contributed by atoms with Crippen molar-refractivity contribution >= 4 is 17.4 Å². The first-order chi connectivity index (χ1) is 9.67. The van der Waals surface area contributed by atoms with Crippen LogP contribution < -0.4 is 5.32 Å². The van der Waals surface area contributed by atoms with Crippen molar-refractivity contribution in [1.29, 1.82) is 5.26 Å². The average molecular weight is 288 g/mol. The summed E-state index contributed by atoms with van der Waals surface area (Å²) in [5, 5.41) is 13.1. The lowest BCUT2D eigenvalue weighted by atomic mass is 9.77. The lowest BCUT2D eigenvalue weighted by Crippen LogP contribution is -2.35. The van der Waals surface area contributed by atoms with E-state index in [-0.39, 0.29) is 0 Å². The van der Waals surface area contributed by atoms with Gasteiger partial charge in [-0.25, -0.2) is 0 Å². The van der Waals surface area contributed by atoms with E-state index in [0.29, 0.717) is 17.9 Å². The molecule has 0 radical (unpaired) electrons. The van der Waals surface area contributed by atoms with E-state index in [4.69, 9.17) is 0 Å². The molecular formula is C17H24N2S. The Morgan fingerprint density at radius 1 is 1.30 bits per heavy atom. The second-order valence-corrected chi connectivity index (χ2v) is 6.79. The molecule has 1 saturated carbocycles. The van der Waals surface area contributed by atoms with Crippen LogP contribution in [0.1, 0.15) is 45.1 Å². The van der Waals surface area contributed by atoms with Crippen molar-refractivity contribution in [3.8, 4) is 6.07 Å². The third-order valence-electron chi connectivity index (χ3n) is 4.37. The maximum absolute atomic E-state index is 9.43. The molecule has 0 aromatic heterocycles. The van der Waals surface area contributed by atoms with Gasteiger partial charge in [0.1, 0.15) is 6.07 Å². The van der Waals surface area contributed by atoms with Crippen LogP contribution in [0.5, 0.6) is 0 Å². The van der Waals surface area contributed by atoms with E-state index in [1.807, 2.05) is 24.5 Å². The van der Waals surface area contributed by atoms with Crippen LogP contribution >= 0.6 is 11.8 Å². The van der Waals surface area contributed by atoms with Crippen LogP contribution in [-0.4, -0.2) is 12.3 Å². The summed E-state index contributed by atoms with van der Waals surface area (Å²) in [6.07, 6.45) is 7.19. The number of thioether (sulfide) groups is 1. The van der Waals surface area contributed by atoms with E-state index in [1.54, 1.807) is 11.8 Å². The zero-order chi connectivity index (χ0) is 14.5. The minimum atomic E-state index is 0.507. The maximum Gasteiger partial charge on any atom is 0.102 e. The summed E-state index contributed by atoms with van der Waals surface area (Å²) in [4.78, 5) is 1.06. The third kappa shape index (κ3) is 3.30. The smallest absolute Gasteiger partial charge is 0.102 e. The van der Waals surface area contributed by atoms with Crippen molar-refractivity contribution in [3.05, 3.63) is 23.8 Å². The molecule has 3 heteroatoms. The summed E-state index contributed by atoms with van der Waals surface area (Å²) >= 11 is 1.64. The van der Waals surface area contributed by atoms with Crippen LogP contribution in [0.2, 0.25) is 0 Å². The molecule has 0 saturated heterocycles. The molecule has 1 fully saturated rings. The summed E-state index contributed by atoms with van der Waals surface area (Å²) in [6, 6.07) is 8.99. The number of benzene rings is 1. The topological polar surface area (TPSA) is 35.8 Å². The lowest BCUT2D eigenvalue weighted by Gasteiger charge is -2.35. The number of anilines is 1. The summed E-state index contributed by atoms with van der Waals surface area (Å²) in [5.41, 5.74) is 1.81. The number of nitrogens with one attached hydrogen (secondary N) is 1. The van der Waals surface area contributed by atoms with Crippen molar-refractivity contribution < 1.29 is 0 Å². The highest BCUT2D eigenvalue weighted by atomic mass is 32.2. The van der Waals surface area contributed by atoms with Crippen LogP contribution in [0.25, 0.3) is 0 Å². The molecule has 1 aliphatic rings. The highest BCUT2D eigenvalue weighted by molar-refractivity contribution is 7.98. The van der Waals surface area contributed by atoms with E-state index >= 15 is 0 Å². The first-order valence-corrected chi connectivity index (χ1v) is 8.73. The van der Waals surface area contributed by atoms with Gasteiger partial charge in [-0.15, -0.1) is 11.8 Å². The molecule has 20 heavy (non-hydrogen) atoms. The van der Waals surface area contributed by atoms with Crippen molar-refractivity contribution in [2.24, 2.45) is 11.8 Å². The van der Waals surface area contributed by atoms with Crippen LogP contribution in [0.15, 0.2) is 23.1 Å². The molecule has 2 atom stereocenters. The quantitative estimate of drug-likeness (QED) is 0.800. The van der Waals surface area contributed by atoms with Crippen molar-refractivity contribution in [3.63, 3.8) is 0 Å². The van der Waals surface area contributed by atoms with E-state index < -0.39 is 0 Å². The summed E-state index contributed by atoms with van der Waals surface area (Å²) in [5.74, 6) is 1.41. The van der Waals surface area contributed by atoms with Gasteiger partial charge >= 0.3 is 0 Å². The number of nitriles is 1. The van der Waals surface area contributed by atoms with E-state index in [0.717, 1.165) is 16.1 Å². The molecule has 2 nitrogen and oxygen atoms in total. The standard InChI is InChI=1S/C17H24N2S/c1-12(2)13-7-4-5-8-15(13)19-16-9-6-10-17(20-3)14(16)11-18/h6,9-10,12-13,15,19H,4-5,7-8H2,1-3H3. The Balaban J connectivity index is 2.22. The number of hydrogen-bond acceptors (Lipinski definition) is 3. The van der Waals surface area contributed by atoms with E-state index in [2.05, 4.69) is 25.2 Å². The average Bonchev–Trinajstić information content (AvgIpc) is 2.47. The highest BCUT2D eigenvalue weighted by Crippen LogP contribution is 2.34. The largest absolute Gasteiger partial charge is 0.381 e. The Labute approximate surface area is 127 Å². The molecule has 0 aliphatic heterocycles. The Morgan fingerprint density at radius 2 is 2.05 bits per heavy atom. The van der Waals surface area contributed by atoms with Gasteiger partial charge in [-0.3, -0.25) is 0 Å². The zero-order valence-corrected chi connectivity index (χ0v) is 13.5. The summed E-state index contributed by atoms with van der Waals surface area (Å²) < 4.78 is 0. The monoisotopic (exact) mass is 288 g/mol. The van der Waals surface area contributed by atoms with Crippen molar-refractivity contribution in [2.45, 2.75) is 50.5 Å². The molecule has 1 aromatic carbocycles. The van der Waals surface area contributed by atoms with Gasteiger partial charge < -0.3 is 5.32 Å². The zero-order valence-electron chi connectivity index (χ0n) is 12.6. The molecule has 108 valence electrons. The molecule has 0 heterocycles. The number of hydrogen-bond donors (Lipinski definition) is 1. The van der Waals surface area contributed by atoms with Gasteiger partial charge in [-0.1, -0.05) is 32.8 Å². The molecule has 2 unspecified atom stereocenters. The Kier molecular flexibility index (Phi) is 5.37. The minimum Gasteiger partial charge on any atom is -0.381 e. The second kappa shape index (κ2) is 7.04. The predicted octanol–water partition coefficient (Wildman–Crippen LogP) is 4.91. The Bertz CT molecular complexity index is 490. The van der Waals surface area contributed by atoms with Gasteiger partial charge in [0.25, 0.3) is 0 Å². The fraction of sp³-hybridized carbons (Fsp3) is 0.588. The predicted molar refractivity (Wildman–Crippen MR) is 87.1 cm³/mol. The van der Waals surface area contributed by atoms with E-state index in [1.165, 1.54) is 25.7 Å². The molecule has 0 amide bonds. The van der Waals surface area contributed by atoms with Crippen LogP contribution in [0.3, 0.4) is 0 Å². The first-order valence-electron chi connectivity index (χ1n) is 7.51. The van der Waals surface area contributed by atoms with Gasteiger partial charge in [-0.2, -0.15) is 5.26 Å². The van der Waals surface area contributed by atoms with Gasteiger partial charge in [-0.05, 0) is 43.1 Å². The molecule has 0 bridgehead atoms. The lowest BCUT2D eigenvalue weighted by molar-refractivity contribution is 0.254. The highest BCUT2D eigenvalue weighted by Gasteiger charge is 2.28. The van der Waals surface area contributed by atoms with Crippen molar-refractivity contribution in [1.82, 2.24) is 0 Å². The summed E-state index contributed by atoms with van der Waals surface area (Å²) in [7, 11) is 0. The van der Waals surface area contributed by atoms with Gasteiger partial charge in [0.15, 0.2) is 0 Å². The van der Waals surface area contributed by atoms with Crippen LogP contribution in [0, 0.1) is 23.2 Å². The summed E-state index contributed by atoms with van der Waals surface area (Å²) in [6.45, 7) is 4.63. The SMILES string of the molecule is CSc1cccc(NC2CCCCC2C(C)C)c1C#N. The molecule has 2 rings (SSSR count). The molecule has 1 N–H and O–H groups in total. The number of nitrogens with zero attached hydrogens (tertiary/aromatic N) is 1. The maximum atomic E-state index is 9.43. The van der Waals surface area contributed by atoms with Crippen LogP contribution in [-0.2, 0) is 0 Å². The van der Waals surface area contributed by atoms with Gasteiger partial charge in [0, 0.05) is 10.9 Å². The fourth-order valence-corrected chi connectivity index (χ4v) is 3.85. The Hall–Kier alpha value is -1.14. The fourth-order valence-electron chi connectivity index (χ4n) is 3.27. The second-order valence-electron chi connectivity index (χ2n) is 5.94. The molecule has 1 aliphatic carbocycles. The van der Waals surface area contributed by atoms with Gasteiger partial charge in [0.05, 0.1) is 11.3 Å². The van der Waals surface area contributed by atoms with Crippen molar-refractivity contribution in [2.75, 3.05) is 11.6 Å². The van der Waals surface area contributed by atoms with Gasteiger partial charge in [0.2, 0.25) is 0 Å². The van der Waals surface area contributed by atoms with Crippen LogP contribution in [0.4, 0.5) is 5.69 Å². The Morgan fingerprint density at radius 3 is 2.70 bits per heavy atom. The molecular weight excluding hydrogens is 264 g/mol. The minimum absolute atomic E-state index is 0.507. The first kappa shape index (κ1) is 15.3. The normalized spacial score (nSPS) is 22.6. The molecule has 1 aromatic rings. The molecule has 0 spiro atoms. The number of rotatable bonds is 4. The third-order valence-corrected chi connectivity index (χ3v) is 5.15.